The van der Waals surface area contributed by atoms with Crippen LogP contribution in [0.15, 0.2) is 12.2 Å². The van der Waals surface area contributed by atoms with Crippen LogP contribution in [0.4, 0.5) is 0 Å². The molecule has 0 N–H and O–H groups in total. The maximum atomic E-state index is 11.0. The largest absolute Gasteiger partial charge is 0.466 e. The molecule has 15 heavy (non-hydrogen) atoms. The smallest absolute Gasteiger partial charge is 0.306 e. The van der Waals surface area contributed by atoms with Crippen LogP contribution in [0.25, 0.3) is 0 Å². The van der Waals surface area contributed by atoms with Gasteiger partial charge in [0.2, 0.25) is 0 Å². The van der Waals surface area contributed by atoms with E-state index in [1.165, 1.54) is 6.04 Å². The lowest BCUT2D eigenvalue weighted by Crippen LogP contribution is -2.18. The second kappa shape index (κ2) is 7.68. The summed E-state index contributed by atoms with van der Waals surface area (Å²) in [4.78, 5) is 11.0. The average Bonchev–Trinajstić information content (AvgIpc) is 2.09. The maximum Gasteiger partial charge on any atom is 0.306 e. The van der Waals surface area contributed by atoms with E-state index < -0.39 is 8.07 Å². The zero-order chi connectivity index (χ0) is 11.7. The molecule has 0 bridgehead atoms. The lowest BCUT2D eigenvalue weighted by atomic mass is 10.3. The van der Waals surface area contributed by atoms with Crippen molar-refractivity contribution in [3.05, 3.63) is 12.2 Å². The molecule has 3 heteroatoms. The van der Waals surface area contributed by atoms with Crippen molar-refractivity contribution in [2.45, 2.75) is 51.9 Å². The molecule has 0 aliphatic rings. The summed E-state index contributed by atoms with van der Waals surface area (Å²) in [5.74, 6) is -0.0904. The zero-order valence-electron chi connectivity index (χ0n) is 10.5. The quantitative estimate of drug-likeness (QED) is 0.378. The maximum absolute atomic E-state index is 11.0. The van der Waals surface area contributed by atoms with Gasteiger partial charge in [0, 0.05) is 14.5 Å². The van der Waals surface area contributed by atoms with Gasteiger partial charge in [0.1, 0.15) is 0 Å². The topological polar surface area (TPSA) is 26.3 Å². The van der Waals surface area contributed by atoms with Crippen LogP contribution in [-0.4, -0.2) is 20.7 Å². The number of hydrogen-bond acceptors (Lipinski definition) is 2. The standard InChI is InChI=1S/C12H24O2Si/c1-5-14-12(13)10-8-6-7-9-11-15(2,3)4/h6-7H,5,8-11H2,1-4H3/b7-6+. The normalized spacial score (nSPS) is 12.0. The first kappa shape index (κ1) is 14.4. The van der Waals surface area contributed by atoms with Crippen LogP contribution >= 0.6 is 0 Å². The predicted octanol–water partition coefficient (Wildman–Crippen LogP) is 3.61. The summed E-state index contributed by atoms with van der Waals surface area (Å²) in [6.45, 7) is 9.44. The van der Waals surface area contributed by atoms with Gasteiger partial charge < -0.3 is 4.74 Å². The van der Waals surface area contributed by atoms with Gasteiger partial charge in [-0.1, -0.05) is 37.8 Å². The van der Waals surface area contributed by atoms with Gasteiger partial charge in [-0.3, -0.25) is 4.79 Å². The summed E-state index contributed by atoms with van der Waals surface area (Å²) in [5.41, 5.74) is 0. The first-order valence-corrected chi connectivity index (χ1v) is 9.47. The Morgan fingerprint density at radius 3 is 2.33 bits per heavy atom. The molecule has 0 saturated heterocycles. The lowest BCUT2D eigenvalue weighted by Gasteiger charge is -2.13. The van der Waals surface area contributed by atoms with Gasteiger partial charge in [0.15, 0.2) is 0 Å². The van der Waals surface area contributed by atoms with Crippen LogP contribution in [0.1, 0.15) is 26.2 Å². The molecule has 0 aliphatic carbocycles. The molecule has 0 heterocycles. The molecule has 0 aliphatic heterocycles. The molecule has 0 aromatic heterocycles. The zero-order valence-corrected chi connectivity index (χ0v) is 11.5. The molecule has 0 rings (SSSR count). The second-order valence-corrected chi connectivity index (χ2v) is 10.5. The lowest BCUT2D eigenvalue weighted by molar-refractivity contribution is -0.142. The highest BCUT2D eigenvalue weighted by atomic mass is 28.3. The van der Waals surface area contributed by atoms with E-state index >= 15 is 0 Å². The van der Waals surface area contributed by atoms with Gasteiger partial charge >= 0.3 is 5.97 Å². The fourth-order valence-electron chi connectivity index (χ4n) is 1.19. The Hall–Kier alpha value is -0.573. The van der Waals surface area contributed by atoms with Crippen molar-refractivity contribution in [1.82, 2.24) is 0 Å². The molecular formula is C12H24O2Si. The van der Waals surface area contributed by atoms with Crippen molar-refractivity contribution in [2.24, 2.45) is 0 Å². The van der Waals surface area contributed by atoms with Gasteiger partial charge in [-0.25, -0.2) is 0 Å². The van der Waals surface area contributed by atoms with Crippen molar-refractivity contribution in [1.29, 1.82) is 0 Å². The third kappa shape index (κ3) is 11.4. The Bertz CT molecular complexity index is 204. The highest BCUT2D eigenvalue weighted by molar-refractivity contribution is 6.76. The van der Waals surface area contributed by atoms with E-state index in [0.717, 1.165) is 12.8 Å². The number of hydrogen-bond donors (Lipinski definition) is 0. The molecule has 0 saturated carbocycles. The molecule has 0 fully saturated rings. The minimum atomic E-state index is -0.895. The fraction of sp³-hybridized carbons (Fsp3) is 0.750. The van der Waals surface area contributed by atoms with Crippen LogP contribution < -0.4 is 0 Å². The summed E-state index contributed by atoms with van der Waals surface area (Å²) in [7, 11) is -0.895. The van der Waals surface area contributed by atoms with Crippen molar-refractivity contribution in [3.63, 3.8) is 0 Å². The van der Waals surface area contributed by atoms with Crippen molar-refractivity contribution < 1.29 is 9.53 Å². The number of carbonyl (C=O) groups excluding carboxylic acids is 1. The highest BCUT2D eigenvalue weighted by Crippen LogP contribution is 2.11. The number of esters is 1. The molecular weight excluding hydrogens is 204 g/mol. The van der Waals surface area contributed by atoms with Gasteiger partial charge in [-0.15, -0.1) is 0 Å². The molecule has 0 aromatic carbocycles. The third-order valence-electron chi connectivity index (χ3n) is 2.05. The second-order valence-electron chi connectivity index (χ2n) is 4.91. The van der Waals surface area contributed by atoms with Crippen molar-refractivity contribution in [3.8, 4) is 0 Å². The van der Waals surface area contributed by atoms with Crippen LogP contribution in [-0.2, 0) is 9.53 Å². The van der Waals surface area contributed by atoms with E-state index in [0.29, 0.717) is 13.0 Å². The summed E-state index contributed by atoms with van der Waals surface area (Å²) in [5, 5.41) is 0. The summed E-state index contributed by atoms with van der Waals surface area (Å²) in [6, 6.07) is 1.32. The summed E-state index contributed by atoms with van der Waals surface area (Å²) >= 11 is 0. The number of carbonyl (C=O) groups is 1. The van der Waals surface area contributed by atoms with Gasteiger partial charge in [0.25, 0.3) is 0 Å². The van der Waals surface area contributed by atoms with Crippen molar-refractivity contribution in [2.75, 3.05) is 6.61 Å². The highest BCUT2D eigenvalue weighted by Gasteiger charge is 2.10. The van der Waals surface area contributed by atoms with Crippen LogP contribution in [0, 0.1) is 0 Å². The Balaban J connectivity index is 3.43. The Morgan fingerprint density at radius 1 is 1.20 bits per heavy atom. The van der Waals surface area contributed by atoms with Crippen LogP contribution in [0.5, 0.6) is 0 Å². The third-order valence-corrected chi connectivity index (χ3v) is 3.84. The molecule has 0 aromatic rings. The summed E-state index contributed by atoms with van der Waals surface area (Å²) < 4.78 is 4.84. The molecule has 0 amide bonds. The Labute approximate surface area is 94.7 Å². The van der Waals surface area contributed by atoms with E-state index in [2.05, 4.69) is 31.8 Å². The number of allylic oxidation sites excluding steroid dienone is 2. The first-order valence-electron chi connectivity index (χ1n) is 5.76. The SMILES string of the molecule is CCOC(=O)CC/C=C/CC[Si](C)(C)C. The molecule has 0 spiro atoms. The minimum Gasteiger partial charge on any atom is -0.466 e. The minimum absolute atomic E-state index is 0.0904. The number of ether oxygens (including phenoxy) is 1. The molecule has 88 valence electrons. The monoisotopic (exact) mass is 228 g/mol. The molecule has 0 atom stereocenters. The van der Waals surface area contributed by atoms with E-state index in [9.17, 15) is 4.79 Å². The van der Waals surface area contributed by atoms with E-state index in [-0.39, 0.29) is 5.97 Å². The van der Waals surface area contributed by atoms with E-state index in [1.807, 2.05) is 6.92 Å². The number of rotatable bonds is 7. The fourth-order valence-corrected chi connectivity index (χ4v) is 2.22. The Morgan fingerprint density at radius 2 is 1.80 bits per heavy atom. The average molecular weight is 228 g/mol. The van der Waals surface area contributed by atoms with Gasteiger partial charge in [-0.2, -0.15) is 0 Å². The van der Waals surface area contributed by atoms with E-state index in [4.69, 9.17) is 4.74 Å². The first-order chi connectivity index (χ1) is 6.95. The van der Waals surface area contributed by atoms with E-state index in [1.54, 1.807) is 0 Å². The van der Waals surface area contributed by atoms with Crippen LogP contribution in [0.3, 0.4) is 0 Å². The summed E-state index contributed by atoms with van der Waals surface area (Å²) in [6.07, 6.45) is 6.76. The van der Waals surface area contributed by atoms with Crippen molar-refractivity contribution >= 4 is 14.0 Å². The molecule has 2 nitrogen and oxygen atoms in total. The van der Waals surface area contributed by atoms with Gasteiger partial charge in [-0.05, 0) is 19.8 Å². The Kier molecular flexibility index (Phi) is 7.39. The molecule has 0 unspecified atom stereocenters. The van der Waals surface area contributed by atoms with Gasteiger partial charge in [0.05, 0.1) is 6.61 Å². The molecule has 0 radical (unpaired) electrons. The van der Waals surface area contributed by atoms with Crippen LogP contribution in [0.2, 0.25) is 25.7 Å². The predicted molar refractivity (Wildman–Crippen MR) is 67.8 cm³/mol.